The van der Waals surface area contributed by atoms with Crippen molar-refractivity contribution in [3.8, 4) is 11.6 Å². The Kier molecular flexibility index (Phi) is 4.95. The minimum absolute atomic E-state index is 0.320. The number of hydrogen-bond donors (Lipinski definition) is 2. The number of carbonyl (C=O) groups excluding carboxylic acids is 1. The second-order valence-corrected chi connectivity index (χ2v) is 5.75. The molecular weight excluding hydrogens is 314 g/mol. The monoisotopic (exact) mass is 333 g/mol. The van der Waals surface area contributed by atoms with E-state index in [-0.39, 0.29) is 6.03 Å². The molecule has 0 aliphatic carbocycles. The van der Waals surface area contributed by atoms with Gasteiger partial charge < -0.3 is 15.4 Å². The van der Waals surface area contributed by atoms with E-state index in [2.05, 4.69) is 15.6 Å². The molecule has 5 heteroatoms. The highest BCUT2D eigenvalue weighted by Gasteiger charge is 2.04. The third kappa shape index (κ3) is 4.81. The molecule has 0 aliphatic heterocycles. The third-order valence-electron chi connectivity index (χ3n) is 3.48. The van der Waals surface area contributed by atoms with Crippen LogP contribution in [0.25, 0.3) is 0 Å². The van der Waals surface area contributed by atoms with E-state index in [9.17, 15) is 4.79 Å². The summed E-state index contributed by atoms with van der Waals surface area (Å²) in [4.78, 5) is 16.2. The number of aryl methyl sites for hydroxylation is 2. The number of urea groups is 1. The fourth-order valence-corrected chi connectivity index (χ4v) is 2.33. The van der Waals surface area contributed by atoms with E-state index in [1.165, 1.54) is 0 Å². The van der Waals surface area contributed by atoms with Crippen LogP contribution in [0.1, 0.15) is 11.1 Å². The molecular formula is C20H19N3O2. The van der Waals surface area contributed by atoms with Crippen LogP contribution in [0.3, 0.4) is 0 Å². The van der Waals surface area contributed by atoms with Crippen molar-refractivity contribution in [1.29, 1.82) is 0 Å². The average Bonchev–Trinajstić information content (AvgIpc) is 2.57. The molecule has 0 bridgehead atoms. The van der Waals surface area contributed by atoms with Crippen LogP contribution in [0.5, 0.6) is 11.6 Å². The molecule has 0 unspecified atom stereocenters. The van der Waals surface area contributed by atoms with Gasteiger partial charge in [-0.05, 0) is 55.3 Å². The maximum absolute atomic E-state index is 12.0. The highest BCUT2D eigenvalue weighted by atomic mass is 16.5. The number of amides is 2. The lowest BCUT2D eigenvalue weighted by molar-refractivity contribution is 0.262. The molecule has 1 heterocycles. The molecule has 0 aliphatic rings. The lowest BCUT2D eigenvalue weighted by Gasteiger charge is -2.09. The number of aromatic nitrogens is 1. The largest absolute Gasteiger partial charge is 0.439 e. The molecule has 3 rings (SSSR count). The summed E-state index contributed by atoms with van der Waals surface area (Å²) in [5, 5.41) is 5.52. The Morgan fingerprint density at radius 2 is 1.60 bits per heavy atom. The number of rotatable bonds is 4. The van der Waals surface area contributed by atoms with Crippen molar-refractivity contribution < 1.29 is 9.53 Å². The zero-order valence-electron chi connectivity index (χ0n) is 14.1. The molecule has 25 heavy (non-hydrogen) atoms. The first kappa shape index (κ1) is 16.5. The quantitative estimate of drug-likeness (QED) is 0.695. The van der Waals surface area contributed by atoms with Crippen LogP contribution in [0.4, 0.5) is 16.2 Å². The Morgan fingerprint density at radius 3 is 2.28 bits per heavy atom. The van der Waals surface area contributed by atoms with Crippen LogP contribution < -0.4 is 15.4 Å². The van der Waals surface area contributed by atoms with Crippen LogP contribution in [0, 0.1) is 13.8 Å². The smallest absolute Gasteiger partial charge is 0.323 e. The van der Waals surface area contributed by atoms with Gasteiger partial charge in [-0.2, -0.15) is 0 Å². The molecule has 1 aromatic heterocycles. The lowest BCUT2D eigenvalue weighted by atomic mass is 10.2. The van der Waals surface area contributed by atoms with Gasteiger partial charge in [0.2, 0.25) is 5.88 Å². The molecule has 0 fully saturated rings. The predicted octanol–water partition coefficient (Wildman–Crippen LogP) is 5.13. The first-order valence-corrected chi connectivity index (χ1v) is 7.94. The lowest BCUT2D eigenvalue weighted by Crippen LogP contribution is -2.19. The molecule has 0 saturated heterocycles. The molecule has 2 aromatic carbocycles. The van der Waals surface area contributed by atoms with Crippen molar-refractivity contribution in [2.75, 3.05) is 10.6 Å². The predicted molar refractivity (Wildman–Crippen MR) is 99.3 cm³/mol. The summed E-state index contributed by atoms with van der Waals surface area (Å²) in [5.41, 5.74) is 3.52. The number of nitrogens with one attached hydrogen (secondary N) is 2. The van der Waals surface area contributed by atoms with Crippen molar-refractivity contribution in [2.45, 2.75) is 13.8 Å². The minimum Gasteiger partial charge on any atom is -0.439 e. The maximum atomic E-state index is 12.0. The average molecular weight is 333 g/mol. The molecule has 5 nitrogen and oxygen atoms in total. The summed E-state index contributed by atoms with van der Waals surface area (Å²) in [6, 6.07) is 18.5. The number of benzene rings is 2. The molecule has 0 spiro atoms. The normalized spacial score (nSPS) is 10.2. The van der Waals surface area contributed by atoms with Crippen molar-refractivity contribution in [1.82, 2.24) is 4.98 Å². The Bertz CT molecular complexity index is 876. The zero-order valence-corrected chi connectivity index (χ0v) is 14.1. The van der Waals surface area contributed by atoms with Crippen molar-refractivity contribution in [2.24, 2.45) is 0 Å². The SMILES string of the molecule is Cc1cccc(NC(=O)Nc2ccc(Oc3cccc(C)c3)nc2)c1. The zero-order chi connectivity index (χ0) is 17.6. The summed E-state index contributed by atoms with van der Waals surface area (Å²) in [5.74, 6) is 1.20. The van der Waals surface area contributed by atoms with E-state index in [1.807, 2.05) is 62.4 Å². The molecule has 3 aromatic rings. The fraction of sp³-hybridized carbons (Fsp3) is 0.100. The molecule has 0 saturated carbocycles. The Labute approximate surface area is 146 Å². The summed E-state index contributed by atoms with van der Waals surface area (Å²) in [7, 11) is 0. The fourth-order valence-electron chi connectivity index (χ4n) is 2.33. The molecule has 126 valence electrons. The van der Waals surface area contributed by atoms with Crippen molar-refractivity contribution in [3.05, 3.63) is 78.0 Å². The van der Waals surface area contributed by atoms with Crippen LogP contribution in [-0.2, 0) is 0 Å². The van der Waals surface area contributed by atoms with Crippen molar-refractivity contribution in [3.63, 3.8) is 0 Å². The van der Waals surface area contributed by atoms with Gasteiger partial charge in [0, 0.05) is 11.8 Å². The summed E-state index contributed by atoms with van der Waals surface area (Å²) in [6.45, 7) is 3.97. The number of hydrogen-bond acceptors (Lipinski definition) is 3. The Morgan fingerprint density at radius 1 is 0.880 bits per heavy atom. The van der Waals surface area contributed by atoms with Crippen LogP contribution >= 0.6 is 0 Å². The van der Waals surface area contributed by atoms with Gasteiger partial charge in [-0.15, -0.1) is 0 Å². The first-order chi connectivity index (χ1) is 12.1. The molecule has 0 atom stereocenters. The van der Waals surface area contributed by atoms with E-state index in [0.717, 1.165) is 22.6 Å². The van der Waals surface area contributed by atoms with E-state index in [1.54, 1.807) is 18.3 Å². The minimum atomic E-state index is -0.320. The second-order valence-electron chi connectivity index (χ2n) is 5.75. The highest BCUT2D eigenvalue weighted by molar-refractivity contribution is 5.99. The molecule has 2 amide bonds. The Hall–Kier alpha value is -3.34. The van der Waals surface area contributed by atoms with Gasteiger partial charge >= 0.3 is 6.03 Å². The topological polar surface area (TPSA) is 63.2 Å². The maximum Gasteiger partial charge on any atom is 0.323 e. The van der Waals surface area contributed by atoms with Crippen LogP contribution in [-0.4, -0.2) is 11.0 Å². The van der Waals surface area contributed by atoms with Gasteiger partial charge in [-0.1, -0.05) is 24.3 Å². The summed E-state index contributed by atoms with van der Waals surface area (Å²) >= 11 is 0. The molecule has 2 N–H and O–H groups in total. The first-order valence-electron chi connectivity index (χ1n) is 7.94. The number of ether oxygens (including phenoxy) is 1. The number of pyridine rings is 1. The summed E-state index contributed by atoms with van der Waals surface area (Å²) < 4.78 is 5.69. The highest BCUT2D eigenvalue weighted by Crippen LogP contribution is 2.21. The number of anilines is 2. The van der Waals surface area contributed by atoms with Gasteiger partial charge in [0.1, 0.15) is 5.75 Å². The number of nitrogens with zero attached hydrogens (tertiary/aromatic N) is 1. The van der Waals surface area contributed by atoms with Crippen LogP contribution in [0.15, 0.2) is 66.9 Å². The van der Waals surface area contributed by atoms with E-state index < -0.39 is 0 Å². The molecule has 0 radical (unpaired) electrons. The standard InChI is InChI=1S/C20H19N3O2/c1-14-5-3-7-16(11-14)22-20(24)23-17-9-10-19(21-13-17)25-18-8-4-6-15(2)12-18/h3-13H,1-2H3,(H2,22,23,24). The summed E-state index contributed by atoms with van der Waals surface area (Å²) in [6.07, 6.45) is 1.56. The number of carbonyl (C=O) groups is 1. The van der Waals surface area contributed by atoms with E-state index in [0.29, 0.717) is 11.6 Å². The second kappa shape index (κ2) is 7.49. The van der Waals surface area contributed by atoms with Gasteiger partial charge in [-0.25, -0.2) is 9.78 Å². The van der Waals surface area contributed by atoms with E-state index in [4.69, 9.17) is 4.74 Å². The van der Waals surface area contributed by atoms with Gasteiger partial charge in [0.15, 0.2) is 0 Å². The van der Waals surface area contributed by atoms with Gasteiger partial charge in [0.25, 0.3) is 0 Å². The third-order valence-corrected chi connectivity index (χ3v) is 3.48. The Balaban J connectivity index is 1.59. The van der Waals surface area contributed by atoms with Gasteiger partial charge in [-0.3, -0.25) is 0 Å². The van der Waals surface area contributed by atoms with Gasteiger partial charge in [0.05, 0.1) is 11.9 Å². The van der Waals surface area contributed by atoms with Crippen LogP contribution in [0.2, 0.25) is 0 Å². The van der Waals surface area contributed by atoms with Crippen molar-refractivity contribution >= 4 is 17.4 Å². The van der Waals surface area contributed by atoms with E-state index >= 15 is 0 Å².